The fourth-order valence-electron chi connectivity index (χ4n) is 4.44. The third-order valence-corrected chi connectivity index (χ3v) is 6.65. The molecule has 3 aliphatic rings. The van der Waals surface area contributed by atoms with Crippen LogP contribution in [0.1, 0.15) is 80.5 Å². The van der Waals surface area contributed by atoms with E-state index in [1.54, 1.807) is 6.07 Å². The summed E-state index contributed by atoms with van der Waals surface area (Å²) in [5.74, 6) is 1.29. The predicted molar refractivity (Wildman–Crippen MR) is 100 cm³/mol. The van der Waals surface area contributed by atoms with Gasteiger partial charge in [0.2, 0.25) is 5.91 Å². The van der Waals surface area contributed by atoms with Crippen LogP contribution in [0.4, 0.5) is 0 Å². The first-order chi connectivity index (χ1) is 13.0. The van der Waals surface area contributed by atoms with Crippen LogP contribution in [0.25, 0.3) is 0 Å². The minimum absolute atomic E-state index is 0.0358. The Morgan fingerprint density at radius 2 is 2.15 bits per heavy atom. The standard InChI is InChI=1S/C20H30N4O3/c1-13-9-15(22-19(26)16-10-17(27-23-16)14-3-4-14)5-8-24(13)18(25)11-20(12-21)6-2-7-20/h10,13-15H,2-9,11-12,21H2,1H3,(H,22,26)/t13-,15?/m1/s1. The van der Waals surface area contributed by atoms with E-state index in [0.29, 0.717) is 31.1 Å². The summed E-state index contributed by atoms with van der Waals surface area (Å²) in [5, 5.41) is 6.97. The number of piperidine rings is 1. The molecule has 2 aliphatic carbocycles. The summed E-state index contributed by atoms with van der Waals surface area (Å²) in [4.78, 5) is 27.2. The van der Waals surface area contributed by atoms with Gasteiger partial charge in [-0.25, -0.2) is 0 Å². The van der Waals surface area contributed by atoms with E-state index in [1.807, 2.05) is 4.90 Å². The van der Waals surface area contributed by atoms with Crippen LogP contribution in [-0.4, -0.2) is 47.0 Å². The average Bonchev–Trinajstić information content (AvgIpc) is 3.34. The molecule has 0 aromatic carbocycles. The zero-order chi connectivity index (χ0) is 19.0. The highest BCUT2D eigenvalue weighted by Gasteiger charge is 2.40. The van der Waals surface area contributed by atoms with Gasteiger partial charge >= 0.3 is 0 Å². The number of carbonyl (C=O) groups excluding carboxylic acids is 2. The molecule has 2 saturated carbocycles. The lowest BCUT2D eigenvalue weighted by Crippen LogP contribution is -2.52. The number of nitrogens with one attached hydrogen (secondary N) is 1. The van der Waals surface area contributed by atoms with Crippen molar-refractivity contribution in [3.8, 4) is 0 Å². The molecule has 27 heavy (non-hydrogen) atoms. The molecule has 1 aromatic heterocycles. The van der Waals surface area contributed by atoms with Crippen LogP contribution in [0.15, 0.2) is 10.6 Å². The minimum atomic E-state index is -0.181. The molecule has 4 rings (SSSR count). The zero-order valence-electron chi connectivity index (χ0n) is 16.1. The molecule has 7 nitrogen and oxygen atoms in total. The second-order valence-electron chi connectivity index (χ2n) is 8.75. The van der Waals surface area contributed by atoms with Crippen LogP contribution in [0.3, 0.4) is 0 Å². The van der Waals surface area contributed by atoms with Gasteiger partial charge in [0, 0.05) is 37.0 Å². The van der Waals surface area contributed by atoms with Gasteiger partial charge in [-0.3, -0.25) is 9.59 Å². The third kappa shape index (κ3) is 3.88. The van der Waals surface area contributed by atoms with Crippen molar-refractivity contribution >= 4 is 11.8 Å². The minimum Gasteiger partial charge on any atom is -0.360 e. The number of rotatable bonds is 6. The Balaban J connectivity index is 1.28. The van der Waals surface area contributed by atoms with E-state index in [9.17, 15) is 9.59 Å². The smallest absolute Gasteiger partial charge is 0.273 e. The number of hydrogen-bond acceptors (Lipinski definition) is 5. The molecule has 2 atom stereocenters. The number of likely N-dealkylation sites (tertiary alicyclic amines) is 1. The van der Waals surface area contributed by atoms with Crippen molar-refractivity contribution in [2.45, 2.75) is 76.3 Å². The molecule has 2 heterocycles. The maximum absolute atomic E-state index is 12.8. The number of nitrogens with two attached hydrogens (primary N) is 1. The number of amides is 2. The second-order valence-corrected chi connectivity index (χ2v) is 8.75. The van der Waals surface area contributed by atoms with E-state index in [-0.39, 0.29) is 29.3 Å². The van der Waals surface area contributed by atoms with E-state index in [4.69, 9.17) is 10.3 Å². The summed E-state index contributed by atoms with van der Waals surface area (Å²) in [5.41, 5.74) is 6.30. The first-order valence-electron chi connectivity index (χ1n) is 10.3. The predicted octanol–water partition coefficient (Wildman–Crippen LogP) is 2.18. The van der Waals surface area contributed by atoms with Crippen LogP contribution in [0.5, 0.6) is 0 Å². The van der Waals surface area contributed by atoms with E-state index in [0.717, 1.165) is 44.3 Å². The summed E-state index contributed by atoms with van der Waals surface area (Å²) >= 11 is 0. The molecule has 3 fully saturated rings. The van der Waals surface area contributed by atoms with Gasteiger partial charge in [0.15, 0.2) is 5.69 Å². The molecule has 1 aromatic rings. The Hall–Kier alpha value is -1.89. The first kappa shape index (κ1) is 18.5. The fourth-order valence-corrected chi connectivity index (χ4v) is 4.44. The molecule has 1 aliphatic heterocycles. The van der Waals surface area contributed by atoms with E-state index >= 15 is 0 Å². The Morgan fingerprint density at radius 1 is 1.37 bits per heavy atom. The molecule has 0 spiro atoms. The van der Waals surface area contributed by atoms with Crippen LogP contribution < -0.4 is 11.1 Å². The third-order valence-electron chi connectivity index (χ3n) is 6.65. The largest absolute Gasteiger partial charge is 0.360 e. The fraction of sp³-hybridized carbons (Fsp3) is 0.750. The highest BCUT2D eigenvalue weighted by atomic mass is 16.5. The molecular weight excluding hydrogens is 344 g/mol. The maximum Gasteiger partial charge on any atom is 0.273 e. The Bertz CT molecular complexity index is 702. The molecule has 1 unspecified atom stereocenters. The van der Waals surface area contributed by atoms with Gasteiger partial charge < -0.3 is 20.5 Å². The van der Waals surface area contributed by atoms with Gasteiger partial charge in [0.05, 0.1) is 0 Å². The van der Waals surface area contributed by atoms with Crippen molar-refractivity contribution in [3.05, 3.63) is 17.5 Å². The lowest BCUT2D eigenvalue weighted by Gasteiger charge is -2.44. The number of hydrogen-bond donors (Lipinski definition) is 2. The highest BCUT2D eigenvalue weighted by molar-refractivity contribution is 5.92. The van der Waals surface area contributed by atoms with Crippen molar-refractivity contribution in [1.29, 1.82) is 0 Å². The van der Waals surface area contributed by atoms with Gasteiger partial charge in [-0.05, 0) is 57.4 Å². The highest BCUT2D eigenvalue weighted by Crippen LogP contribution is 2.43. The van der Waals surface area contributed by atoms with Crippen molar-refractivity contribution in [3.63, 3.8) is 0 Å². The molecule has 1 saturated heterocycles. The molecule has 0 bridgehead atoms. The van der Waals surface area contributed by atoms with Crippen molar-refractivity contribution in [2.75, 3.05) is 13.1 Å². The van der Waals surface area contributed by atoms with Gasteiger partial charge in [-0.2, -0.15) is 0 Å². The van der Waals surface area contributed by atoms with Crippen LogP contribution in [-0.2, 0) is 4.79 Å². The van der Waals surface area contributed by atoms with Gasteiger partial charge in [0.1, 0.15) is 5.76 Å². The van der Waals surface area contributed by atoms with E-state index < -0.39 is 0 Å². The lowest BCUT2D eigenvalue weighted by molar-refractivity contribution is -0.138. The van der Waals surface area contributed by atoms with E-state index in [1.165, 1.54) is 6.42 Å². The van der Waals surface area contributed by atoms with Gasteiger partial charge in [-0.1, -0.05) is 11.6 Å². The topological polar surface area (TPSA) is 101 Å². The second kappa shape index (κ2) is 7.26. The Kier molecular flexibility index (Phi) is 4.97. The summed E-state index contributed by atoms with van der Waals surface area (Å²) < 4.78 is 5.27. The van der Waals surface area contributed by atoms with E-state index in [2.05, 4.69) is 17.4 Å². The Labute approximate surface area is 160 Å². The Morgan fingerprint density at radius 3 is 2.74 bits per heavy atom. The van der Waals surface area contributed by atoms with Crippen LogP contribution in [0.2, 0.25) is 0 Å². The molecule has 148 valence electrons. The van der Waals surface area contributed by atoms with Crippen molar-refractivity contribution in [1.82, 2.24) is 15.4 Å². The molecule has 0 radical (unpaired) electrons. The number of carbonyl (C=O) groups is 2. The summed E-state index contributed by atoms with van der Waals surface area (Å²) in [6.07, 6.45) is 7.64. The zero-order valence-corrected chi connectivity index (χ0v) is 16.1. The molecular formula is C20H30N4O3. The summed E-state index contributed by atoms with van der Waals surface area (Å²) in [6.45, 7) is 3.34. The monoisotopic (exact) mass is 374 g/mol. The van der Waals surface area contributed by atoms with Crippen LogP contribution >= 0.6 is 0 Å². The number of nitrogens with zero attached hydrogens (tertiary/aromatic N) is 2. The summed E-state index contributed by atoms with van der Waals surface area (Å²) in [6, 6.07) is 1.94. The SMILES string of the molecule is C[C@@H]1CC(NC(=O)c2cc(C3CC3)on2)CCN1C(=O)CC1(CN)CCC1. The van der Waals surface area contributed by atoms with Gasteiger partial charge in [-0.15, -0.1) is 0 Å². The average molecular weight is 374 g/mol. The lowest BCUT2D eigenvalue weighted by atomic mass is 9.66. The number of aromatic nitrogens is 1. The molecule has 3 N–H and O–H groups in total. The first-order valence-corrected chi connectivity index (χ1v) is 10.3. The summed E-state index contributed by atoms with van der Waals surface area (Å²) in [7, 11) is 0. The van der Waals surface area contributed by atoms with Crippen LogP contribution in [0, 0.1) is 5.41 Å². The maximum atomic E-state index is 12.8. The van der Waals surface area contributed by atoms with Crippen molar-refractivity contribution in [2.24, 2.45) is 11.1 Å². The normalized spacial score (nSPS) is 27.1. The molecule has 2 amide bonds. The van der Waals surface area contributed by atoms with Gasteiger partial charge in [0.25, 0.3) is 5.91 Å². The van der Waals surface area contributed by atoms with Crippen molar-refractivity contribution < 1.29 is 14.1 Å². The molecule has 7 heteroatoms. The quantitative estimate of drug-likeness (QED) is 0.795.